The average Bonchev–Trinajstić information content (AvgIpc) is 3.53. The van der Waals surface area contributed by atoms with E-state index in [-0.39, 0.29) is 17.8 Å². The van der Waals surface area contributed by atoms with E-state index in [0.717, 1.165) is 28.0 Å². The van der Waals surface area contributed by atoms with Crippen molar-refractivity contribution < 1.29 is 19.1 Å². The molecule has 4 aromatic rings. The van der Waals surface area contributed by atoms with E-state index in [0.29, 0.717) is 28.1 Å². The van der Waals surface area contributed by atoms with Crippen molar-refractivity contribution in [2.75, 3.05) is 18.2 Å². The number of carbonyl (C=O) groups excluding carboxylic acids is 2. The summed E-state index contributed by atoms with van der Waals surface area (Å²) in [6.07, 6.45) is -0.323. The van der Waals surface area contributed by atoms with Crippen LogP contribution in [0.15, 0.2) is 53.0 Å². The molecule has 1 N–H and O–H groups in total. The number of hydrogen-bond acceptors (Lipinski definition) is 8. The molecule has 0 aliphatic heterocycles. The van der Waals surface area contributed by atoms with Crippen molar-refractivity contribution in [1.82, 2.24) is 14.8 Å². The largest absolute Gasteiger partial charge is 0.482 e. The predicted octanol–water partition coefficient (Wildman–Crippen LogP) is 6.61. The summed E-state index contributed by atoms with van der Waals surface area (Å²) in [5, 5.41) is 14.5. The Morgan fingerprint density at radius 2 is 1.79 bits per heavy atom. The Morgan fingerprint density at radius 1 is 1.08 bits per heavy atom. The summed E-state index contributed by atoms with van der Waals surface area (Å²) >= 11 is 2.58. The fraction of sp³-hybridized carbons (Fsp3) is 0.310. The van der Waals surface area contributed by atoms with Crippen LogP contribution in [0.2, 0.25) is 0 Å². The summed E-state index contributed by atoms with van der Waals surface area (Å²) in [6, 6.07) is 13.9. The summed E-state index contributed by atoms with van der Waals surface area (Å²) < 4.78 is 13.2. The highest BCUT2D eigenvalue weighted by Gasteiger charge is 2.24. The maximum Gasteiger partial charge on any atom is 0.341 e. The van der Waals surface area contributed by atoms with Crippen LogP contribution in [0.3, 0.4) is 0 Å². The van der Waals surface area contributed by atoms with Crippen LogP contribution in [-0.2, 0) is 16.1 Å². The number of thiophene rings is 1. The van der Waals surface area contributed by atoms with E-state index in [1.54, 1.807) is 0 Å². The van der Waals surface area contributed by atoms with E-state index in [2.05, 4.69) is 21.6 Å². The number of aryl methyl sites for hydroxylation is 3. The molecule has 2 aromatic heterocycles. The molecule has 39 heavy (non-hydrogen) atoms. The Morgan fingerprint density at radius 3 is 2.46 bits per heavy atom. The maximum absolute atomic E-state index is 12.9. The van der Waals surface area contributed by atoms with Crippen LogP contribution >= 0.6 is 23.1 Å². The zero-order valence-electron chi connectivity index (χ0n) is 22.9. The third kappa shape index (κ3) is 6.51. The molecule has 4 rings (SSSR count). The van der Waals surface area contributed by atoms with Crippen LogP contribution in [0, 0.1) is 20.8 Å². The van der Waals surface area contributed by atoms with Crippen LogP contribution in [0.4, 0.5) is 5.00 Å². The Hall–Kier alpha value is -3.63. The number of nitrogens with zero attached hydrogens (tertiary/aromatic N) is 3. The van der Waals surface area contributed by atoms with Crippen molar-refractivity contribution in [1.29, 1.82) is 0 Å². The molecule has 1 unspecified atom stereocenters. The molecule has 0 aliphatic carbocycles. The smallest absolute Gasteiger partial charge is 0.341 e. The maximum atomic E-state index is 12.9. The van der Waals surface area contributed by atoms with Crippen LogP contribution in [-0.4, -0.2) is 39.5 Å². The molecule has 0 bridgehead atoms. The summed E-state index contributed by atoms with van der Waals surface area (Å²) in [6.45, 7) is 10.6. The Labute approximate surface area is 236 Å². The van der Waals surface area contributed by atoms with Gasteiger partial charge in [-0.25, -0.2) is 4.79 Å². The first kappa shape index (κ1) is 28.4. The molecule has 8 nitrogen and oxygen atoms in total. The normalized spacial score (nSPS) is 11.7. The SMILES string of the molecule is CCn1c(SCC(=O)Nc2scc(-c3ccc(C)cc3)c2C(=O)OC)nnc1C(C)Oc1ccc(C)cc1C. The number of benzene rings is 2. The minimum absolute atomic E-state index is 0.100. The van der Waals surface area contributed by atoms with Crippen LogP contribution in [0.1, 0.15) is 52.8 Å². The summed E-state index contributed by atoms with van der Waals surface area (Å²) in [5.74, 6) is 0.837. The van der Waals surface area contributed by atoms with E-state index in [1.807, 2.05) is 81.0 Å². The van der Waals surface area contributed by atoms with Crippen molar-refractivity contribution in [2.24, 2.45) is 0 Å². The molecular formula is C29H32N4O4S2. The lowest BCUT2D eigenvalue weighted by molar-refractivity contribution is -0.113. The number of esters is 1. The molecule has 204 valence electrons. The van der Waals surface area contributed by atoms with Gasteiger partial charge in [-0.1, -0.05) is 59.3 Å². The quantitative estimate of drug-likeness (QED) is 0.171. The molecule has 0 saturated carbocycles. The number of thioether (sulfide) groups is 1. The fourth-order valence-corrected chi connectivity index (χ4v) is 5.96. The number of rotatable bonds is 10. The lowest BCUT2D eigenvalue weighted by Crippen LogP contribution is -2.17. The Balaban J connectivity index is 1.46. The third-order valence-corrected chi connectivity index (χ3v) is 8.05. The molecule has 0 spiro atoms. The highest BCUT2D eigenvalue weighted by Crippen LogP contribution is 2.36. The predicted molar refractivity (Wildman–Crippen MR) is 156 cm³/mol. The number of methoxy groups -OCH3 is 1. The average molecular weight is 565 g/mol. The van der Waals surface area contributed by atoms with Crippen molar-refractivity contribution in [3.8, 4) is 16.9 Å². The zero-order valence-corrected chi connectivity index (χ0v) is 24.5. The highest BCUT2D eigenvalue weighted by molar-refractivity contribution is 7.99. The second kappa shape index (κ2) is 12.5. The first-order chi connectivity index (χ1) is 18.7. The summed E-state index contributed by atoms with van der Waals surface area (Å²) in [4.78, 5) is 25.6. The van der Waals surface area contributed by atoms with Gasteiger partial charge in [-0.3, -0.25) is 4.79 Å². The second-order valence-electron chi connectivity index (χ2n) is 9.16. The summed E-state index contributed by atoms with van der Waals surface area (Å²) in [5.41, 5.74) is 5.31. The van der Waals surface area contributed by atoms with Crippen molar-refractivity contribution >= 4 is 40.0 Å². The number of aromatic nitrogens is 3. The van der Waals surface area contributed by atoms with E-state index in [9.17, 15) is 9.59 Å². The third-order valence-electron chi connectivity index (χ3n) is 6.19. The van der Waals surface area contributed by atoms with E-state index < -0.39 is 5.97 Å². The van der Waals surface area contributed by atoms with Crippen LogP contribution in [0.25, 0.3) is 11.1 Å². The first-order valence-electron chi connectivity index (χ1n) is 12.6. The minimum atomic E-state index is -0.497. The van der Waals surface area contributed by atoms with Gasteiger partial charge in [0.15, 0.2) is 17.1 Å². The van der Waals surface area contributed by atoms with E-state index in [1.165, 1.54) is 35.8 Å². The molecular weight excluding hydrogens is 532 g/mol. The number of hydrogen-bond donors (Lipinski definition) is 1. The number of nitrogens with one attached hydrogen (secondary N) is 1. The molecule has 1 amide bonds. The van der Waals surface area contributed by atoms with Gasteiger partial charge in [0, 0.05) is 17.5 Å². The van der Waals surface area contributed by atoms with Gasteiger partial charge in [0.1, 0.15) is 16.3 Å². The Bertz CT molecular complexity index is 1480. The monoisotopic (exact) mass is 564 g/mol. The number of ether oxygens (including phenoxy) is 2. The van der Waals surface area contributed by atoms with Gasteiger partial charge in [-0.05, 0) is 51.8 Å². The van der Waals surface area contributed by atoms with Crippen LogP contribution in [0.5, 0.6) is 5.75 Å². The van der Waals surface area contributed by atoms with Gasteiger partial charge < -0.3 is 19.4 Å². The minimum Gasteiger partial charge on any atom is -0.482 e. The van der Waals surface area contributed by atoms with E-state index >= 15 is 0 Å². The molecule has 1 atom stereocenters. The highest BCUT2D eigenvalue weighted by atomic mass is 32.2. The second-order valence-corrected chi connectivity index (χ2v) is 11.0. The van der Waals surface area contributed by atoms with Gasteiger partial charge in [0.05, 0.1) is 12.9 Å². The van der Waals surface area contributed by atoms with Gasteiger partial charge in [-0.2, -0.15) is 0 Å². The number of anilines is 1. The molecule has 10 heteroatoms. The van der Waals surface area contributed by atoms with E-state index in [4.69, 9.17) is 9.47 Å². The van der Waals surface area contributed by atoms with Gasteiger partial charge in [0.25, 0.3) is 0 Å². The number of carbonyl (C=O) groups is 2. The van der Waals surface area contributed by atoms with Gasteiger partial charge in [-0.15, -0.1) is 21.5 Å². The topological polar surface area (TPSA) is 95.3 Å². The molecule has 0 saturated heterocycles. The summed E-state index contributed by atoms with van der Waals surface area (Å²) in [7, 11) is 1.33. The molecule has 0 radical (unpaired) electrons. The lowest BCUT2D eigenvalue weighted by Gasteiger charge is -2.17. The number of amides is 1. The molecule has 0 aliphatic rings. The molecule has 2 heterocycles. The fourth-order valence-electron chi connectivity index (χ4n) is 4.17. The van der Waals surface area contributed by atoms with Crippen molar-refractivity contribution in [3.05, 3.63) is 75.9 Å². The van der Waals surface area contributed by atoms with Gasteiger partial charge in [0.2, 0.25) is 5.91 Å². The van der Waals surface area contributed by atoms with Crippen LogP contribution < -0.4 is 10.1 Å². The Kier molecular flexibility index (Phi) is 9.08. The standard InChI is InChI=1S/C29H32N4O4S2/c1-7-33-26(20(5)37-23-13-10-18(3)14-19(23)4)31-32-29(33)39-16-24(34)30-27-25(28(35)36-6)22(15-38-27)21-11-8-17(2)9-12-21/h8-15,20H,7,16H2,1-6H3,(H,30,34). The lowest BCUT2D eigenvalue weighted by atomic mass is 10.0. The van der Waals surface area contributed by atoms with Gasteiger partial charge >= 0.3 is 5.97 Å². The zero-order chi connectivity index (χ0) is 28.1. The molecule has 0 fully saturated rings. The molecule has 2 aromatic carbocycles. The van der Waals surface area contributed by atoms with Crippen molar-refractivity contribution in [3.63, 3.8) is 0 Å². The van der Waals surface area contributed by atoms with Crippen molar-refractivity contribution in [2.45, 2.75) is 52.4 Å². The first-order valence-corrected chi connectivity index (χ1v) is 14.4.